The van der Waals surface area contributed by atoms with Crippen LogP contribution < -0.4 is 0 Å². The van der Waals surface area contributed by atoms with Crippen LogP contribution in [0, 0.1) is 23.3 Å². The highest BCUT2D eigenvalue weighted by molar-refractivity contribution is 7.71. The minimum Gasteiger partial charge on any atom is -0.330 e. The monoisotopic (exact) mass is 310 g/mol. The number of rotatable bonds is 1. The van der Waals surface area contributed by atoms with Gasteiger partial charge in [0.2, 0.25) is 0 Å². The van der Waals surface area contributed by atoms with E-state index in [4.69, 9.17) is 23.8 Å². The Bertz CT molecular complexity index is 883. The van der Waals surface area contributed by atoms with E-state index in [-0.39, 0.29) is 15.5 Å². The summed E-state index contributed by atoms with van der Waals surface area (Å²) in [5.41, 5.74) is 2.17. The second-order valence-electron chi connectivity index (χ2n) is 4.50. The number of hydrogen-bond acceptors (Lipinski definition) is 1. The summed E-state index contributed by atoms with van der Waals surface area (Å²) in [6, 6.07) is 7.36. The lowest BCUT2D eigenvalue weighted by Crippen LogP contribution is -1.98. The zero-order valence-electron chi connectivity index (χ0n) is 10.4. The zero-order valence-corrected chi connectivity index (χ0v) is 11.9. The molecule has 1 aromatic heterocycles. The molecule has 0 atom stereocenters. The standard InChI is InChI=1S/C14H9ClF2N2S/c1-7-2-3-9(16)12(4-7)19-13-6-10(17)8(15)5-11(13)18-14(19)20/h2-6H,1H3,(H,18,20). The summed E-state index contributed by atoms with van der Waals surface area (Å²) in [4.78, 5) is 2.90. The molecule has 2 nitrogen and oxygen atoms in total. The molecule has 0 radical (unpaired) electrons. The highest BCUT2D eigenvalue weighted by Gasteiger charge is 2.13. The minimum atomic E-state index is -0.574. The van der Waals surface area contributed by atoms with E-state index < -0.39 is 11.6 Å². The maximum absolute atomic E-state index is 14.0. The summed E-state index contributed by atoms with van der Waals surface area (Å²) in [6.07, 6.45) is 0. The molecule has 0 saturated heterocycles. The van der Waals surface area contributed by atoms with Gasteiger partial charge < -0.3 is 4.98 Å². The Morgan fingerprint density at radius 1 is 1.15 bits per heavy atom. The average Bonchev–Trinajstić information content (AvgIpc) is 2.69. The summed E-state index contributed by atoms with van der Waals surface area (Å²) < 4.78 is 29.4. The lowest BCUT2D eigenvalue weighted by molar-refractivity contribution is 0.617. The molecule has 0 fully saturated rings. The van der Waals surface area contributed by atoms with E-state index in [1.807, 2.05) is 6.92 Å². The Hall–Kier alpha value is -1.72. The molecule has 0 saturated carbocycles. The number of nitrogens with zero attached hydrogens (tertiary/aromatic N) is 1. The van der Waals surface area contributed by atoms with Gasteiger partial charge in [-0.1, -0.05) is 17.7 Å². The second-order valence-corrected chi connectivity index (χ2v) is 5.30. The molecule has 1 N–H and O–H groups in total. The maximum Gasteiger partial charge on any atom is 0.182 e. The molecule has 0 unspecified atom stereocenters. The van der Waals surface area contributed by atoms with Gasteiger partial charge in [0.05, 0.1) is 21.7 Å². The van der Waals surface area contributed by atoms with Crippen LogP contribution in [-0.4, -0.2) is 9.55 Å². The number of H-pyrrole nitrogens is 1. The topological polar surface area (TPSA) is 20.7 Å². The third kappa shape index (κ3) is 2.03. The third-order valence-corrected chi connectivity index (χ3v) is 3.64. The first-order chi connectivity index (χ1) is 9.47. The molecule has 3 rings (SSSR count). The summed E-state index contributed by atoms with van der Waals surface area (Å²) >= 11 is 10.9. The van der Waals surface area contributed by atoms with E-state index in [0.717, 1.165) is 5.56 Å². The summed E-state index contributed by atoms with van der Waals surface area (Å²) in [6.45, 7) is 1.85. The molecular formula is C14H9ClF2N2S. The zero-order chi connectivity index (χ0) is 14.4. The van der Waals surface area contributed by atoms with E-state index in [0.29, 0.717) is 11.0 Å². The Labute approximate surface area is 123 Å². The number of halogens is 3. The lowest BCUT2D eigenvalue weighted by Gasteiger charge is -2.07. The molecule has 2 aromatic carbocycles. The molecule has 102 valence electrons. The van der Waals surface area contributed by atoms with Gasteiger partial charge in [-0.2, -0.15) is 0 Å². The smallest absolute Gasteiger partial charge is 0.182 e. The van der Waals surface area contributed by atoms with Crippen LogP contribution in [0.15, 0.2) is 30.3 Å². The van der Waals surface area contributed by atoms with Gasteiger partial charge in [-0.05, 0) is 42.9 Å². The SMILES string of the molecule is Cc1ccc(F)c(-n2c(=S)[nH]c3cc(Cl)c(F)cc32)c1. The highest BCUT2D eigenvalue weighted by Crippen LogP contribution is 2.26. The van der Waals surface area contributed by atoms with E-state index in [9.17, 15) is 8.78 Å². The van der Waals surface area contributed by atoms with Crippen LogP contribution in [-0.2, 0) is 0 Å². The first-order valence-electron chi connectivity index (χ1n) is 5.83. The van der Waals surface area contributed by atoms with Crippen molar-refractivity contribution in [1.82, 2.24) is 9.55 Å². The van der Waals surface area contributed by atoms with Crippen molar-refractivity contribution in [2.75, 3.05) is 0 Å². The maximum atomic E-state index is 14.0. The molecular weight excluding hydrogens is 302 g/mol. The predicted molar refractivity (Wildman–Crippen MR) is 78.1 cm³/mol. The molecule has 0 spiro atoms. The molecule has 20 heavy (non-hydrogen) atoms. The molecule has 6 heteroatoms. The summed E-state index contributed by atoms with van der Waals surface area (Å²) in [5, 5.41) is -0.00869. The van der Waals surface area contributed by atoms with Crippen molar-refractivity contribution < 1.29 is 8.78 Å². The van der Waals surface area contributed by atoms with Gasteiger partial charge in [-0.3, -0.25) is 4.57 Å². The first-order valence-corrected chi connectivity index (χ1v) is 6.62. The Morgan fingerprint density at radius 2 is 1.90 bits per heavy atom. The normalized spacial score (nSPS) is 11.2. The van der Waals surface area contributed by atoms with Crippen LogP contribution in [0.4, 0.5) is 8.78 Å². The van der Waals surface area contributed by atoms with Gasteiger partial charge in [0, 0.05) is 6.07 Å². The number of fused-ring (bicyclic) bond motifs is 1. The van der Waals surface area contributed by atoms with Crippen molar-refractivity contribution in [3.63, 3.8) is 0 Å². The molecule has 0 aliphatic carbocycles. The Balaban J connectivity index is 2.42. The van der Waals surface area contributed by atoms with Crippen LogP contribution in [0.5, 0.6) is 0 Å². The minimum absolute atomic E-state index is 0.00869. The number of aromatic nitrogens is 2. The van der Waals surface area contributed by atoms with Crippen LogP contribution in [0.3, 0.4) is 0 Å². The molecule has 0 aliphatic heterocycles. The molecule has 1 heterocycles. The number of aromatic amines is 1. The van der Waals surface area contributed by atoms with Crippen molar-refractivity contribution in [3.05, 3.63) is 57.3 Å². The molecule has 0 amide bonds. The summed E-state index contributed by atoms with van der Waals surface area (Å²) in [7, 11) is 0. The Morgan fingerprint density at radius 3 is 2.65 bits per heavy atom. The quantitative estimate of drug-likeness (QED) is 0.632. The second kappa shape index (κ2) is 4.68. The van der Waals surface area contributed by atoms with Gasteiger partial charge in [-0.25, -0.2) is 8.78 Å². The van der Waals surface area contributed by atoms with E-state index in [2.05, 4.69) is 4.98 Å². The van der Waals surface area contributed by atoms with E-state index in [1.165, 1.54) is 22.8 Å². The molecule has 3 aromatic rings. The van der Waals surface area contributed by atoms with Crippen molar-refractivity contribution in [1.29, 1.82) is 0 Å². The van der Waals surface area contributed by atoms with Crippen LogP contribution in [0.25, 0.3) is 16.7 Å². The fourth-order valence-corrected chi connectivity index (χ4v) is 2.61. The van der Waals surface area contributed by atoms with Gasteiger partial charge in [0.25, 0.3) is 0 Å². The van der Waals surface area contributed by atoms with Crippen molar-refractivity contribution >= 4 is 34.9 Å². The fourth-order valence-electron chi connectivity index (χ4n) is 2.14. The molecule has 0 bridgehead atoms. The number of nitrogens with one attached hydrogen (secondary N) is 1. The van der Waals surface area contributed by atoms with Gasteiger partial charge >= 0.3 is 0 Å². The first kappa shape index (κ1) is 13.3. The molecule has 0 aliphatic rings. The fraction of sp³-hybridized carbons (Fsp3) is 0.0714. The number of hydrogen-bond donors (Lipinski definition) is 1. The third-order valence-electron chi connectivity index (χ3n) is 3.07. The van der Waals surface area contributed by atoms with Crippen LogP contribution >= 0.6 is 23.8 Å². The van der Waals surface area contributed by atoms with E-state index in [1.54, 1.807) is 12.1 Å². The average molecular weight is 311 g/mol. The number of aryl methyl sites for hydroxylation is 1. The number of imidazole rings is 1. The summed E-state index contributed by atoms with van der Waals surface area (Å²) in [5.74, 6) is -1.00. The Kier molecular flexibility index (Phi) is 3.11. The van der Waals surface area contributed by atoms with Gasteiger partial charge in [0.1, 0.15) is 11.6 Å². The van der Waals surface area contributed by atoms with Crippen molar-refractivity contribution in [2.24, 2.45) is 0 Å². The van der Waals surface area contributed by atoms with Crippen LogP contribution in [0.2, 0.25) is 5.02 Å². The van der Waals surface area contributed by atoms with Crippen molar-refractivity contribution in [3.8, 4) is 5.69 Å². The van der Waals surface area contributed by atoms with Gasteiger partial charge in [0.15, 0.2) is 4.77 Å². The largest absolute Gasteiger partial charge is 0.330 e. The number of benzene rings is 2. The van der Waals surface area contributed by atoms with Crippen molar-refractivity contribution in [2.45, 2.75) is 6.92 Å². The van der Waals surface area contributed by atoms with Gasteiger partial charge in [-0.15, -0.1) is 0 Å². The van der Waals surface area contributed by atoms with E-state index >= 15 is 0 Å². The van der Waals surface area contributed by atoms with Crippen LogP contribution in [0.1, 0.15) is 5.56 Å². The predicted octanol–water partition coefficient (Wildman–Crippen LogP) is 4.93. The lowest BCUT2D eigenvalue weighted by atomic mass is 10.2. The highest BCUT2D eigenvalue weighted by atomic mass is 35.5.